The van der Waals surface area contributed by atoms with Crippen LogP contribution in [0.25, 0.3) is 0 Å². The van der Waals surface area contributed by atoms with Crippen molar-refractivity contribution in [2.24, 2.45) is 11.7 Å². The molecule has 3 N–H and O–H groups in total. The molecule has 1 heterocycles. The van der Waals surface area contributed by atoms with Crippen LogP contribution in [0.4, 0.5) is 0 Å². The van der Waals surface area contributed by atoms with Crippen LogP contribution in [0.15, 0.2) is 0 Å². The van der Waals surface area contributed by atoms with Gasteiger partial charge >= 0.3 is 0 Å². The molecular formula is C6H12N2O. The van der Waals surface area contributed by atoms with Crippen molar-refractivity contribution in [1.29, 1.82) is 0 Å². The summed E-state index contributed by atoms with van der Waals surface area (Å²) >= 11 is 0. The van der Waals surface area contributed by atoms with E-state index in [-0.39, 0.29) is 11.9 Å². The molecule has 0 radical (unpaired) electrons. The number of rotatable bonds is 1. The topological polar surface area (TPSA) is 55.1 Å². The Labute approximate surface area is 54.6 Å². The van der Waals surface area contributed by atoms with Crippen molar-refractivity contribution in [3.63, 3.8) is 0 Å². The van der Waals surface area contributed by atoms with Crippen molar-refractivity contribution in [3.8, 4) is 0 Å². The first-order chi connectivity index (χ1) is 4.22. The molecule has 52 valence electrons. The molecule has 1 saturated heterocycles. The quantitative estimate of drug-likeness (QED) is 0.498. The first kappa shape index (κ1) is 6.55. The zero-order chi connectivity index (χ0) is 6.85. The summed E-state index contributed by atoms with van der Waals surface area (Å²) in [5.74, 6) is 0.197. The molecule has 3 nitrogen and oxygen atoms in total. The van der Waals surface area contributed by atoms with Gasteiger partial charge in [0.2, 0.25) is 5.91 Å². The van der Waals surface area contributed by atoms with Crippen LogP contribution in [0.1, 0.15) is 13.3 Å². The highest BCUT2D eigenvalue weighted by atomic mass is 16.1. The van der Waals surface area contributed by atoms with E-state index in [1.807, 2.05) is 6.92 Å². The number of amides is 1. The molecule has 0 aromatic carbocycles. The van der Waals surface area contributed by atoms with E-state index in [0.717, 1.165) is 13.0 Å². The maximum absolute atomic E-state index is 10.6. The minimum Gasteiger partial charge on any atom is -0.368 e. The summed E-state index contributed by atoms with van der Waals surface area (Å²) in [6, 6.07) is -0.0787. The molecule has 0 aromatic heterocycles. The third-order valence-corrected chi connectivity index (χ3v) is 1.84. The third-order valence-electron chi connectivity index (χ3n) is 1.84. The summed E-state index contributed by atoms with van der Waals surface area (Å²) in [6.07, 6.45) is 1.06. The molecule has 1 aliphatic rings. The third kappa shape index (κ3) is 1.21. The number of carbonyl (C=O) groups excluding carboxylic acids is 1. The standard InChI is InChI=1S/C6H12N2O/c1-4-2-3-8-5(4)6(7)9/h4-5,8H,2-3H2,1H3,(H2,7,9). The molecule has 0 bridgehead atoms. The highest BCUT2D eigenvalue weighted by molar-refractivity contribution is 5.80. The summed E-state index contributed by atoms with van der Waals surface area (Å²) in [4.78, 5) is 10.6. The maximum Gasteiger partial charge on any atom is 0.234 e. The Morgan fingerprint density at radius 1 is 1.78 bits per heavy atom. The van der Waals surface area contributed by atoms with Crippen molar-refractivity contribution in [1.82, 2.24) is 5.32 Å². The Kier molecular flexibility index (Phi) is 1.71. The Bertz CT molecular complexity index is 124. The van der Waals surface area contributed by atoms with E-state index in [0.29, 0.717) is 5.92 Å². The second-order valence-electron chi connectivity index (χ2n) is 2.60. The number of nitrogens with one attached hydrogen (secondary N) is 1. The first-order valence-corrected chi connectivity index (χ1v) is 3.24. The van der Waals surface area contributed by atoms with Gasteiger partial charge < -0.3 is 11.1 Å². The van der Waals surface area contributed by atoms with E-state index in [9.17, 15) is 4.79 Å². The van der Waals surface area contributed by atoms with E-state index >= 15 is 0 Å². The number of hydrogen-bond donors (Lipinski definition) is 2. The SMILES string of the molecule is CC1CCNC1C(N)=O. The molecule has 0 aromatic rings. The second kappa shape index (κ2) is 2.35. The van der Waals surface area contributed by atoms with Crippen LogP contribution in [-0.4, -0.2) is 18.5 Å². The van der Waals surface area contributed by atoms with Crippen LogP contribution >= 0.6 is 0 Å². The highest BCUT2D eigenvalue weighted by Gasteiger charge is 2.26. The zero-order valence-electron chi connectivity index (χ0n) is 5.55. The fraction of sp³-hybridized carbons (Fsp3) is 0.833. The van der Waals surface area contributed by atoms with Crippen LogP contribution in [0.5, 0.6) is 0 Å². The van der Waals surface area contributed by atoms with E-state index in [4.69, 9.17) is 5.73 Å². The fourth-order valence-electron chi connectivity index (χ4n) is 1.22. The van der Waals surface area contributed by atoms with Gasteiger partial charge in [0, 0.05) is 0 Å². The largest absolute Gasteiger partial charge is 0.368 e. The average Bonchev–Trinajstić information content (AvgIpc) is 2.13. The summed E-state index contributed by atoms with van der Waals surface area (Å²) in [7, 11) is 0. The van der Waals surface area contributed by atoms with Gasteiger partial charge in [-0.3, -0.25) is 4.79 Å². The van der Waals surface area contributed by atoms with Crippen molar-refractivity contribution < 1.29 is 4.79 Å². The average molecular weight is 128 g/mol. The van der Waals surface area contributed by atoms with Gasteiger partial charge in [-0.1, -0.05) is 6.92 Å². The Morgan fingerprint density at radius 3 is 2.67 bits per heavy atom. The van der Waals surface area contributed by atoms with Gasteiger partial charge in [-0.15, -0.1) is 0 Å². The van der Waals surface area contributed by atoms with Gasteiger partial charge in [-0.05, 0) is 18.9 Å². The van der Waals surface area contributed by atoms with E-state index < -0.39 is 0 Å². The summed E-state index contributed by atoms with van der Waals surface area (Å²) in [5, 5.41) is 3.03. The van der Waals surface area contributed by atoms with Gasteiger partial charge in [-0.25, -0.2) is 0 Å². The predicted octanol–water partition coefficient (Wildman–Crippen LogP) is -0.530. The van der Waals surface area contributed by atoms with E-state index in [1.54, 1.807) is 0 Å². The minimum atomic E-state index is -0.222. The number of hydrogen-bond acceptors (Lipinski definition) is 2. The van der Waals surface area contributed by atoms with E-state index in [2.05, 4.69) is 5.32 Å². The van der Waals surface area contributed by atoms with Gasteiger partial charge in [0.05, 0.1) is 6.04 Å². The maximum atomic E-state index is 10.6. The predicted molar refractivity (Wildman–Crippen MR) is 34.8 cm³/mol. The molecule has 0 saturated carbocycles. The summed E-state index contributed by atoms with van der Waals surface area (Å²) in [5.41, 5.74) is 5.09. The van der Waals surface area contributed by atoms with Crippen LogP contribution in [0.2, 0.25) is 0 Å². The Morgan fingerprint density at radius 2 is 2.44 bits per heavy atom. The molecule has 1 amide bonds. The van der Waals surface area contributed by atoms with Crippen molar-refractivity contribution >= 4 is 5.91 Å². The minimum absolute atomic E-state index is 0.0787. The smallest absolute Gasteiger partial charge is 0.234 e. The molecule has 1 fully saturated rings. The summed E-state index contributed by atoms with van der Waals surface area (Å²) < 4.78 is 0. The number of nitrogens with two attached hydrogens (primary N) is 1. The van der Waals surface area contributed by atoms with Crippen LogP contribution in [-0.2, 0) is 4.79 Å². The molecular weight excluding hydrogens is 116 g/mol. The zero-order valence-corrected chi connectivity index (χ0v) is 5.55. The molecule has 0 spiro atoms. The lowest BCUT2D eigenvalue weighted by Crippen LogP contribution is -2.39. The lowest BCUT2D eigenvalue weighted by Gasteiger charge is -2.09. The molecule has 3 heteroatoms. The molecule has 2 unspecified atom stereocenters. The molecule has 1 aliphatic heterocycles. The number of primary amides is 1. The fourth-order valence-corrected chi connectivity index (χ4v) is 1.22. The normalized spacial score (nSPS) is 34.8. The second-order valence-corrected chi connectivity index (χ2v) is 2.60. The monoisotopic (exact) mass is 128 g/mol. The van der Waals surface area contributed by atoms with Crippen LogP contribution in [0, 0.1) is 5.92 Å². The summed E-state index contributed by atoms with van der Waals surface area (Å²) in [6.45, 7) is 2.96. The van der Waals surface area contributed by atoms with Gasteiger partial charge in [-0.2, -0.15) is 0 Å². The van der Waals surface area contributed by atoms with Crippen molar-refractivity contribution in [2.45, 2.75) is 19.4 Å². The first-order valence-electron chi connectivity index (χ1n) is 3.24. The Hall–Kier alpha value is -0.570. The lowest BCUT2D eigenvalue weighted by molar-refractivity contribution is -0.120. The van der Waals surface area contributed by atoms with Crippen LogP contribution in [0.3, 0.4) is 0 Å². The molecule has 9 heavy (non-hydrogen) atoms. The van der Waals surface area contributed by atoms with E-state index in [1.165, 1.54) is 0 Å². The Balaban J connectivity index is 2.49. The van der Waals surface area contributed by atoms with Gasteiger partial charge in [0.15, 0.2) is 0 Å². The molecule has 2 atom stereocenters. The van der Waals surface area contributed by atoms with Crippen LogP contribution < -0.4 is 11.1 Å². The van der Waals surface area contributed by atoms with Crippen molar-refractivity contribution in [3.05, 3.63) is 0 Å². The number of carbonyl (C=O) groups is 1. The van der Waals surface area contributed by atoms with Gasteiger partial charge in [0.1, 0.15) is 0 Å². The highest BCUT2D eigenvalue weighted by Crippen LogP contribution is 2.12. The lowest BCUT2D eigenvalue weighted by atomic mass is 10.0. The van der Waals surface area contributed by atoms with Gasteiger partial charge in [0.25, 0.3) is 0 Å². The molecule has 0 aliphatic carbocycles. The van der Waals surface area contributed by atoms with Crippen molar-refractivity contribution in [2.75, 3.05) is 6.54 Å². The molecule has 1 rings (SSSR count).